The highest BCUT2D eigenvalue weighted by Crippen LogP contribution is 2.28. The second-order valence-electron chi connectivity index (χ2n) is 5.16. The Bertz CT molecular complexity index is 875. The Kier molecular flexibility index (Phi) is 5.85. The topological polar surface area (TPSA) is 85.1 Å². The predicted molar refractivity (Wildman–Crippen MR) is 103 cm³/mol. The summed E-state index contributed by atoms with van der Waals surface area (Å²) in [7, 11) is 0. The zero-order chi connectivity index (χ0) is 17.6. The molecule has 5 nitrogen and oxygen atoms in total. The van der Waals surface area contributed by atoms with Crippen molar-refractivity contribution in [1.29, 1.82) is 0 Å². The minimum Gasteiger partial charge on any atom is -0.369 e. The van der Waals surface area contributed by atoms with Crippen molar-refractivity contribution in [3.63, 3.8) is 0 Å². The molecule has 0 aliphatic rings. The second kappa shape index (κ2) is 8.28. The van der Waals surface area contributed by atoms with E-state index in [2.05, 4.69) is 21.7 Å². The molecule has 0 bridgehead atoms. The molecule has 0 saturated heterocycles. The van der Waals surface area contributed by atoms with Gasteiger partial charge in [0, 0.05) is 16.0 Å². The number of nitrogens with one attached hydrogen (secondary N) is 1. The van der Waals surface area contributed by atoms with Crippen molar-refractivity contribution in [3.05, 3.63) is 63.3 Å². The molecule has 0 aliphatic carbocycles. The summed E-state index contributed by atoms with van der Waals surface area (Å²) in [5.41, 5.74) is 7.56. The molecule has 0 saturated carbocycles. The summed E-state index contributed by atoms with van der Waals surface area (Å²) in [6, 6.07) is 9.57. The van der Waals surface area contributed by atoms with Crippen molar-refractivity contribution in [3.8, 4) is 0 Å². The van der Waals surface area contributed by atoms with Crippen LogP contribution in [0.15, 0.2) is 51.4 Å². The van der Waals surface area contributed by atoms with E-state index in [9.17, 15) is 9.59 Å². The summed E-state index contributed by atoms with van der Waals surface area (Å²) in [5.74, 6) is 0.153. The number of nitrogens with two attached hydrogens (primary N) is 1. The van der Waals surface area contributed by atoms with E-state index in [1.165, 1.54) is 16.9 Å². The number of thiophene rings is 1. The van der Waals surface area contributed by atoms with E-state index in [1.807, 2.05) is 23.6 Å². The number of amides is 2. The number of hydrogen-bond acceptors (Lipinski definition) is 6. The molecule has 25 heavy (non-hydrogen) atoms. The van der Waals surface area contributed by atoms with E-state index in [0.29, 0.717) is 16.4 Å². The Morgan fingerprint density at radius 2 is 2.04 bits per heavy atom. The van der Waals surface area contributed by atoms with Gasteiger partial charge in [0.2, 0.25) is 5.91 Å². The number of primary amides is 1. The highest BCUT2D eigenvalue weighted by atomic mass is 32.2. The van der Waals surface area contributed by atoms with Crippen LogP contribution in [0.3, 0.4) is 0 Å². The highest BCUT2D eigenvalue weighted by Gasteiger charge is 2.14. The smallest absolute Gasteiger partial charge is 0.258 e. The van der Waals surface area contributed by atoms with Gasteiger partial charge in [-0.1, -0.05) is 12.1 Å². The van der Waals surface area contributed by atoms with Crippen LogP contribution in [0.4, 0.5) is 5.13 Å². The first-order valence-electron chi connectivity index (χ1n) is 7.39. The molecular formula is C17H15N3O2S3. The van der Waals surface area contributed by atoms with Crippen LogP contribution in [0.1, 0.15) is 21.6 Å². The van der Waals surface area contributed by atoms with Crippen molar-refractivity contribution >= 4 is 51.4 Å². The second-order valence-corrected chi connectivity index (χ2v) is 7.81. The number of thiazole rings is 1. The summed E-state index contributed by atoms with van der Waals surface area (Å²) >= 11 is 4.56. The Balaban J connectivity index is 1.69. The molecule has 2 heterocycles. The van der Waals surface area contributed by atoms with Gasteiger partial charge in [-0.15, -0.1) is 23.1 Å². The number of nitrogens with zero attached hydrogens (tertiary/aromatic N) is 1. The molecule has 2 aromatic heterocycles. The third kappa shape index (κ3) is 4.91. The number of carbonyl (C=O) groups excluding carboxylic acids is 2. The molecule has 3 aromatic rings. The van der Waals surface area contributed by atoms with Gasteiger partial charge in [-0.05, 0) is 34.5 Å². The van der Waals surface area contributed by atoms with Crippen LogP contribution in [0.5, 0.6) is 0 Å². The van der Waals surface area contributed by atoms with E-state index >= 15 is 0 Å². The molecule has 0 unspecified atom stereocenters. The van der Waals surface area contributed by atoms with E-state index in [1.54, 1.807) is 34.5 Å². The SMILES string of the molecule is NC(=O)Cc1csc(NC(=O)c2ccccc2SCc2ccsc2)n1. The van der Waals surface area contributed by atoms with Crippen molar-refractivity contribution in [2.45, 2.75) is 17.1 Å². The van der Waals surface area contributed by atoms with Crippen molar-refractivity contribution in [1.82, 2.24) is 4.98 Å². The number of rotatable bonds is 7. The van der Waals surface area contributed by atoms with Crippen molar-refractivity contribution in [2.24, 2.45) is 5.73 Å². The first-order valence-corrected chi connectivity index (χ1v) is 10.2. The minimum atomic E-state index is -0.446. The van der Waals surface area contributed by atoms with E-state index < -0.39 is 5.91 Å². The Morgan fingerprint density at radius 3 is 2.80 bits per heavy atom. The molecule has 0 radical (unpaired) electrons. The lowest BCUT2D eigenvalue weighted by atomic mass is 10.2. The molecule has 0 fully saturated rings. The lowest BCUT2D eigenvalue weighted by Gasteiger charge is -2.08. The molecule has 0 spiro atoms. The largest absolute Gasteiger partial charge is 0.369 e. The van der Waals surface area contributed by atoms with Crippen LogP contribution in [0, 0.1) is 0 Å². The Labute approximate surface area is 157 Å². The number of thioether (sulfide) groups is 1. The fourth-order valence-electron chi connectivity index (χ4n) is 2.10. The summed E-state index contributed by atoms with van der Waals surface area (Å²) in [6.45, 7) is 0. The minimum absolute atomic E-state index is 0.0689. The summed E-state index contributed by atoms with van der Waals surface area (Å²) in [4.78, 5) is 28.6. The number of benzene rings is 1. The number of aromatic nitrogens is 1. The van der Waals surface area contributed by atoms with Gasteiger partial charge in [0.05, 0.1) is 17.7 Å². The van der Waals surface area contributed by atoms with E-state index in [4.69, 9.17) is 5.73 Å². The highest BCUT2D eigenvalue weighted by molar-refractivity contribution is 7.98. The zero-order valence-electron chi connectivity index (χ0n) is 13.1. The van der Waals surface area contributed by atoms with Gasteiger partial charge in [0.15, 0.2) is 5.13 Å². The molecular weight excluding hydrogens is 374 g/mol. The summed E-state index contributed by atoms with van der Waals surface area (Å²) in [5, 5.41) is 9.11. The van der Waals surface area contributed by atoms with Crippen LogP contribution < -0.4 is 11.1 Å². The van der Waals surface area contributed by atoms with Crippen molar-refractivity contribution in [2.75, 3.05) is 5.32 Å². The lowest BCUT2D eigenvalue weighted by molar-refractivity contribution is -0.117. The van der Waals surface area contributed by atoms with Crippen LogP contribution in [0.25, 0.3) is 0 Å². The third-order valence-electron chi connectivity index (χ3n) is 3.23. The van der Waals surface area contributed by atoms with Gasteiger partial charge >= 0.3 is 0 Å². The van der Waals surface area contributed by atoms with E-state index in [0.717, 1.165) is 10.6 Å². The molecule has 2 amide bonds. The van der Waals surface area contributed by atoms with Gasteiger partial charge in [0.25, 0.3) is 5.91 Å². The van der Waals surface area contributed by atoms with Crippen LogP contribution in [0.2, 0.25) is 0 Å². The maximum Gasteiger partial charge on any atom is 0.258 e. The van der Waals surface area contributed by atoms with Gasteiger partial charge in [-0.25, -0.2) is 4.98 Å². The van der Waals surface area contributed by atoms with Gasteiger partial charge in [-0.2, -0.15) is 11.3 Å². The van der Waals surface area contributed by atoms with Crippen molar-refractivity contribution < 1.29 is 9.59 Å². The fraction of sp³-hybridized carbons (Fsp3) is 0.118. The van der Waals surface area contributed by atoms with Gasteiger partial charge in [-0.3, -0.25) is 14.9 Å². The first-order chi connectivity index (χ1) is 12.1. The Morgan fingerprint density at radius 1 is 1.20 bits per heavy atom. The van der Waals surface area contributed by atoms with E-state index in [-0.39, 0.29) is 12.3 Å². The summed E-state index contributed by atoms with van der Waals surface area (Å²) in [6.07, 6.45) is 0.0689. The molecule has 8 heteroatoms. The number of hydrogen-bond donors (Lipinski definition) is 2. The van der Waals surface area contributed by atoms with Crippen LogP contribution >= 0.6 is 34.4 Å². The average molecular weight is 390 g/mol. The standard InChI is InChI=1S/C17H15N3O2S3/c18-15(21)7-12-10-25-17(19-12)20-16(22)13-3-1-2-4-14(13)24-9-11-5-6-23-8-11/h1-6,8,10H,7,9H2,(H2,18,21)(H,19,20,22). The maximum atomic E-state index is 12.6. The normalized spacial score (nSPS) is 10.6. The number of carbonyl (C=O) groups is 2. The molecule has 3 N–H and O–H groups in total. The molecule has 3 rings (SSSR count). The first kappa shape index (κ1) is 17.7. The van der Waals surface area contributed by atoms with Gasteiger partial charge < -0.3 is 5.73 Å². The predicted octanol–water partition coefficient (Wildman–Crippen LogP) is 3.78. The summed E-state index contributed by atoms with van der Waals surface area (Å²) < 4.78 is 0. The molecule has 1 aromatic carbocycles. The quantitative estimate of drug-likeness (QED) is 0.602. The zero-order valence-corrected chi connectivity index (χ0v) is 15.5. The van der Waals surface area contributed by atoms with Crippen LogP contribution in [-0.2, 0) is 17.0 Å². The third-order valence-corrected chi connectivity index (χ3v) is 5.92. The molecule has 0 atom stereocenters. The Hall–Kier alpha value is -2.16. The monoisotopic (exact) mass is 389 g/mol. The average Bonchev–Trinajstić information content (AvgIpc) is 3.24. The fourth-order valence-corrected chi connectivity index (χ4v) is 4.58. The molecule has 128 valence electrons. The maximum absolute atomic E-state index is 12.6. The van der Waals surface area contributed by atoms with Gasteiger partial charge in [0.1, 0.15) is 0 Å². The lowest BCUT2D eigenvalue weighted by Crippen LogP contribution is -2.15. The molecule has 0 aliphatic heterocycles. The van der Waals surface area contributed by atoms with Crippen LogP contribution in [-0.4, -0.2) is 16.8 Å². The number of anilines is 1.